The van der Waals surface area contributed by atoms with Gasteiger partial charge in [-0.1, -0.05) is 17.3 Å². The monoisotopic (exact) mass is 406 g/mol. The highest BCUT2D eigenvalue weighted by atomic mass is 16.5. The van der Waals surface area contributed by atoms with Gasteiger partial charge in [0.25, 0.3) is 0 Å². The van der Waals surface area contributed by atoms with E-state index >= 15 is 0 Å². The largest absolute Gasteiger partial charge is 0.481 e. The van der Waals surface area contributed by atoms with E-state index in [1.165, 1.54) is 5.56 Å². The Morgan fingerprint density at radius 3 is 3.00 bits per heavy atom. The number of nitrogens with zero attached hydrogens (tertiary/aromatic N) is 3. The molecule has 0 saturated carbocycles. The zero-order valence-electron chi connectivity index (χ0n) is 16.9. The summed E-state index contributed by atoms with van der Waals surface area (Å²) in [5.74, 6) is 0.836. The van der Waals surface area contributed by atoms with E-state index < -0.39 is 5.97 Å². The molecule has 0 saturated heterocycles. The topological polar surface area (TPSA) is 101 Å². The number of fused-ring (bicyclic) bond motifs is 1. The third kappa shape index (κ3) is 5.23. The number of hydrogen-bond acceptors (Lipinski definition) is 6. The summed E-state index contributed by atoms with van der Waals surface area (Å²) in [6, 6.07) is 9.96. The summed E-state index contributed by atoms with van der Waals surface area (Å²) in [6.45, 7) is 0.992. The highest BCUT2D eigenvalue weighted by molar-refractivity contribution is 5.68. The number of carboxylic acids is 1. The summed E-state index contributed by atoms with van der Waals surface area (Å²) in [5.41, 5.74) is 4.06. The minimum absolute atomic E-state index is 0.0337. The zero-order valence-corrected chi connectivity index (χ0v) is 16.9. The van der Waals surface area contributed by atoms with Crippen molar-refractivity contribution < 1.29 is 14.4 Å². The summed E-state index contributed by atoms with van der Waals surface area (Å²) >= 11 is 0. The first kappa shape index (κ1) is 20.1. The van der Waals surface area contributed by atoms with Crippen LogP contribution in [0.3, 0.4) is 0 Å². The molecule has 4 heterocycles. The molecular formula is C23H26N4O3. The summed E-state index contributed by atoms with van der Waals surface area (Å²) in [6.07, 6.45) is 8.78. The summed E-state index contributed by atoms with van der Waals surface area (Å²) in [5, 5.41) is 16.8. The van der Waals surface area contributed by atoms with Gasteiger partial charge >= 0.3 is 5.97 Å². The number of nitrogens with one attached hydrogen (secondary N) is 1. The summed E-state index contributed by atoms with van der Waals surface area (Å²) < 4.78 is 5.49. The number of aliphatic carboxylic acids is 1. The maximum atomic E-state index is 11.3. The molecule has 30 heavy (non-hydrogen) atoms. The first-order valence-electron chi connectivity index (χ1n) is 10.5. The molecule has 1 unspecified atom stereocenters. The van der Waals surface area contributed by atoms with Crippen LogP contribution < -0.4 is 5.32 Å². The van der Waals surface area contributed by atoms with Crippen LogP contribution in [0.15, 0.2) is 47.2 Å². The van der Waals surface area contributed by atoms with Crippen LogP contribution in [-0.4, -0.2) is 32.7 Å². The number of aryl methyl sites for hydroxylation is 3. The highest BCUT2D eigenvalue weighted by Crippen LogP contribution is 2.24. The fraction of sp³-hybridized carbons (Fsp3) is 0.391. The molecule has 3 aromatic heterocycles. The van der Waals surface area contributed by atoms with Gasteiger partial charge < -0.3 is 14.9 Å². The quantitative estimate of drug-likeness (QED) is 0.557. The lowest BCUT2D eigenvalue weighted by Gasteiger charge is -2.17. The number of carbonyl (C=O) groups is 1. The molecule has 0 aromatic carbocycles. The Hall–Kier alpha value is -3.22. The molecular weight excluding hydrogens is 380 g/mol. The van der Waals surface area contributed by atoms with E-state index in [0.717, 1.165) is 67.2 Å². The molecule has 7 heteroatoms. The highest BCUT2D eigenvalue weighted by Gasteiger charge is 2.19. The van der Waals surface area contributed by atoms with Crippen LogP contribution in [0.5, 0.6) is 0 Å². The van der Waals surface area contributed by atoms with Crippen molar-refractivity contribution in [3.8, 4) is 0 Å². The van der Waals surface area contributed by atoms with Gasteiger partial charge in [-0.25, -0.2) is 4.98 Å². The fourth-order valence-corrected chi connectivity index (χ4v) is 3.91. The number of carboxylic acid groups (broad SMARTS) is 1. The third-order valence-corrected chi connectivity index (χ3v) is 5.45. The van der Waals surface area contributed by atoms with Crippen molar-refractivity contribution in [3.05, 3.63) is 71.0 Å². The lowest BCUT2D eigenvalue weighted by Crippen LogP contribution is -2.14. The van der Waals surface area contributed by atoms with Crippen LogP contribution in [-0.2, 0) is 30.5 Å². The molecule has 0 spiro atoms. The van der Waals surface area contributed by atoms with Crippen molar-refractivity contribution in [2.75, 3.05) is 11.9 Å². The first-order valence-corrected chi connectivity index (χ1v) is 10.5. The molecule has 2 N–H and O–H groups in total. The van der Waals surface area contributed by atoms with Gasteiger partial charge in [0.1, 0.15) is 11.6 Å². The number of hydrogen-bond donors (Lipinski definition) is 2. The van der Waals surface area contributed by atoms with Gasteiger partial charge in [-0.3, -0.25) is 9.78 Å². The van der Waals surface area contributed by atoms with E-state index in [1.54, 1.807) is 12.4 Å². The molecule has 3 aromatic rings. The van der Waals surface area contributed by atoms with E-state index in [0.29, 0.717) is 6.42 Å². The predicted octanol–water partition coefficient (Wildman–Crippen LogP) is 3.80. The Balaban J connectivity index is 1.33. The molecule has 7 nitrogen and oxygen atoms in total. The first-order chi connectivity index (χ1) is 14.7. The van der Waals surface area contributed by atoms with Crippen molar-refractivity contribution in [3.63, 3.8) is 0 Å². The number of anilines is 1. The molecule has 0 aliphatic carbocycles. The van der Waals surface area contributed by atoms with Crippen LogP contribution in [0, 0.1) is 0 Å². The van der Waals surface area contributed by atoms with Crippen LogP contribution in [0.2, 0.25) is 0 Å². The number of rotatable bonds is 9. The SMILES string of the molecule is O=C(O)CC(Cc1cc(CCCc2ccc3c(n2)NCCC3)on1)c1cccnc1. The second-order valence-electron chi connectivity index (χ2n) is 7.76. The van der Waals surface area contributed by atoms with Gasteiger partial charge in [0.15, 0.2) is 0 Å². The molecule has 1 aliphatic heterocycles. The van der Waals surface area contributed by atoms with Gasteiger partial charge in [0.05, 0.1) is 12.1 Å². The Labute approximate surface area is 175 Å². The van der Waals surface area contributed by atoms with Crippen LogP contribution in [0.1, 0.15) is 53.5 Å². The van der Waals surface area contributed by atoms with E-state index in [4.69, 9.17) is 9.51 Å². The minimum Gasteiger partial charge on any atom is -0.481 e. The van der Waals surface area contributed by atoms with E-state index in [9.17, 15) is 9.90 Å². The van der Waals surface area contributed by atoms with Crippen molar-refractivity contribution in [1.29, 1.82) is 0 Å². The van der Waals surface area contributed by atoms with Crippen molar-refractivity contribution in [2.45, 2.75) is 50.9 Å². The number of pyridine rings is 2. The number of aromatic nitrogens is 3. The average Bonchev–Trinajstić information content (AvgIpc) is 3.21. The molecule has 4 rings (SSSR count). The summed E-state index contributed by atoms with van der Waals surface area (Å²) in [7, 11) is 0. The molecule has 0 fully saturated rings. The second kappa shape index (κ2) is 9.52. The maximum absolute atomic E-state index is 11.3. The molecule has 0 bridgehead atoms. The van der Waals surface area contributed by atoms with Crippen molar-refractivity contribution >= 4 is 11.8 Å². The molecule has 1 aliphatic rings. The molecule has 156 valence electrons. The standard InChI is InChI=1S/C23H26N4O3/c28-22(29)13-18(17-5-2-10-24-15-17)12-20-14-21(30-27-20)7-1-6-19-9-8-16-4-3-11-25-23(16)26-19/h2,5,8-10,14-15,18H,1,3-4,6-7,11-13H2,(H,25,26)(H,28,29). The normalized spacial score (nSPS) is 14.0. The Kier molecular flexibility index (Phi) is 6.37. The lowest BCUT2D eigenvalue weighted by atomic mass is 9.92. The van der Waals surface area contributed by atoms with Gasteiger partial charge in [-0.05, 0) is 48.9 Å². The van der Waals surface area contributed by atoms with Gasteiger partial charge in [-0.2, -0.15) is 0 Å². The molecule has 0 radical (unpaired) electrons. The minimum atomic E-state index is -0.834. The zero-order chi connectivity index (χ0) is 20.8. The lowest BCUT2D eigenvalue weighted by molar-refractivity contribution is -0.137. The van der Waals surface area contributed by atoms with E-state index in [1.807, 2.05) is 18.2 Å². The van der Waals surface area contributed by atoms with E-state index in [2.05, 4.69) is 27.6 Å². The van der Waals surface area contributed by atoms with Gasteiger partial charge in [0, 0.05) is 49.5 Å². The fourth-order valence-electron chi connectivity index (χ4n) is 3.91. The van der Waals surface area contributed by atoms with Crippen molar-refractivity contribution in [2.24, 2.45) is 0 Å². The Bertz CT molecular complexity index is 987. The van der Waals surface area contributed by atoms with Gasteiger partial charge in [-0.15, -0.1) is 0 Å². The van der Waals surface area contributed by atoms with Crippen molar-refractivity contribution in [1.82, 2.24) is 15.1 Å². The maximum Gasteiger partial charge on any atom is 0.303 e. The smallest absolute Gasteiger partial charge is 0.303 e. The second-order valence-corrected chi connectivity index (χ2v) is 7.76. The summed E-state index contributed by atoms with van der Waals surface area (Å²) in [4.78, 5) is 20.1. The average molecular weight is 406 g/mol. The molecule has 0 amide bonds. The van der Waals surface area contributed by atoms with E-state index in [-0.39, 0.29) is 12.3 Å². The Morgan fingerprint density at radius 2 is 2.17 bits per heavy atom. The molecule has 1 atom stereocenters. The predicted molar refractivity (Wildman–Crippen MR) is 113 cm³/mol. The third-order valence-electron chi connectivity index (χ3n) is 5.45. The Morgan fingerprint density at radius 1 is 1.23 bits per heavy atom. The van der Waals surface area contributed by atoms with Crippen LogP contribution >= 0.6 is 0 Å². The van der Waals surface area contributed by atoms with Gasteiger partial charge in [0.2, 0.25) is 0 Å². The van der Waals surface area contributed by atoms with Crippen LogP contribution in [0.25, 0.3) is 0 Å². The van der Waals surface area contributed by atoms with Crippen LogP contribution in [0.4, 0.5) is 5.82 Å².